The molecule has 1 amide bonds. The average Bonchev–Trinajstić information content (AvgIpc) is 2.42. The van der Waals surface area contributed by atoms with Crippen LogP contribution in [0.5, 0.6) is 5.75 Å². The Labute approximate surface area is 126 Å². The van der Waals surface area contributed by atoms with Gasteiger partial charge >= 0.3 is 0 Å². The lowest BCUT2D eigenvalue weighted by molar-refractivity contribution is -0.117. The first-order valence-electron chi connectivity index (χ1n) is 7.15. The van der Waals surface area contributed by atoms with Gasteiger partial charge in [-0.2, -0.15) is 0 Å². The molecule has 1 aromatic rings. The molecule has 0 radical (unpaired) electrons. The minimum Gasteiger partial charge on any atom is -0.496 e. The van der Waals surface area contributed by atoms with Crippen LogP contribution in [0.4, 0.5) is 0 Å². The minimum atomic E-state index is -0.887. The molecule has 0 aromatic heterocycles. The highest BCUT2D eigenvalue weighted by Gasteiger charge is 2.21. The fraction of sp³-hybridized carbons (Fsp3) is 0.471. The van der Waals surface area contributed by atoms with Gasteiger partial charge in [-0.25, -0.2) is 0 Å². The molecule has 0 heterocycles. The molecule has 0 bridgehead atoms. The third-order valence-corrected chi connectivity index (χ3v) is 3.04. The molecular formula is C17H25NO3. The Morgan fingerprint density at radius 1 is 1.43 bits per heavy atom. The molecule has 0 aliphatic carbocycles. The van der Waals surface area contributed by atoms with E-state index < -0.39 is 5.60 Å². The van der Waals surface area contributed by atoms with Gasteiger partial charge in [0.15, 0.2) is 0 Å². The number of nitrogens with one attached hydrogen (secondary N) is 1. The van der Waals surface area contributed by atoms with Gasteiger partial charge < -0.3 is 15.2 Å². The molecular weight excluding hydrogens is 266 g/mol. The van der Waals surface area contributed by atoms with Crippen LogP contribution < -0.4 is 10.1 Å². The minimum absolute atomic E-state index is 0.232. The topological polar surface area (TPSA) is 58.6 Å². The third-order valence-electron chi connectivity index (χ3n) is 3.04. The van der Waals surface area contributed by atoms with E-state index in [1.165, 1.54) is 6.08 Å². The van der Waals surface area contributed by atoms with E-state index in [1.54, 1.807) is 20.1 Å². The Bertz CT molecular complexity index is 493. The Kier molecular flexibility index (Phi) is 6.43. The smallest absolute Gasteiger partial charge is 0.244 e. The van der Waals surface area contributed by atoms with Crippen LogP contribution in [0.3, 0.4) is 0 Å². The van der Waals surface area contributed by atoms with E-state index >= 15 is 0 Å². The SMILES string of the molecule is COc1ccccc1C=CC(=O)NCC(C)(O)CC(C)C. The van der Waals surface area contributed by atoms with Gasteiger partial charge in [-0.1, -0.05) is 32.0 Å². The van der Waals surface area contributed by atoms with Gasteiger partial charge in [0.2, 0.25) is 5.91 Å². The molecule has 4 nitrogen and oxygen atoms in total. The number of carbonyl (C=O) groups excluding carboxylic acids is 1. The van der Waals surface area contributed by atoms with Crippen molar-refractivity contribution in [3.05, 3.63) is 35.9 Å². The van der Waals surface area contributed by atoms with E-state index in [0.717, 1.165) is 5.56 Å². The second kappa shape index (κ2) is 7.84. The van der Waals surface area contributed by atoms with E-state index in [2.05, 4.69) is 5.32 Å². The number of amides is 1. The van der Waals surface area contributed by atoms with Gasteiger partial charge in [0, 0.05) is 18.2 Å². The van der Waals surface area contributed by atoms with Crippen LogP contribution in [-0.4, -0.2) is 30.3 Å². The molecule has 0 fully saturated rings. The van der Waals surface area contributed by atoms with Gasteiger partial charge in [0.1, 0.15) is 5.75 Å². The zero-order valence-corrected chi connectivity index (χ0v) is 13.2. The monoisotopic (exact) mass is 291 g/mol. The fourth-order valence-electron chi connectivity index (χ4n) is 2.26. The number of hydrogen-bond acceptors (Lipinski definition) is 3. The zero-order chi connectivity index (χ0) is 15.9. The first-order valence-corrected chi connectivity index (χ1v) is 7.15. The molecule has 1 aromatic carbocycles. The molecule has 0 aliphatic heterocycles. The van der Waals surface area contributed by atoms with Crippen molar-refractivity contribution >= 4 is 12.0 Å². The molecule has 1 atom stereocenters. The Morgan fingerprint density at radius 3 is 2.71 bits per heavy atom. The standard InChI is InChI=1S/C17H25NO3/c1-13(2)11-17(3,20)12-18-16(19)10-9-14-7-5-6-8-15(14)21-4/h5-10,13,20H,11-12H2,1-4H3,(H,18,19). The van der Waals surface area contributed by atoms with E-state index in [1.807, 2.05) is 38.1 Å². The van der Waals surface area contributed by atoms with E-state index in [-0.39, 0.29) is 12.5 Å². The molecule has 21 heavy (non-hydrogen) atoms. The number of ether oxygens (including phenoxy) is 1. The molecule has 0 saturated heterocycles. The largest absolute Gasteiger partial charge is 0.496 e. The highest BCUT2D eigenvalue weighted by molar-refractivity contribution is 5.92. The summed E-state index contributed by atoms with van der Waals surface area (Å²) in [7, 11) is 1.59. The van der Waals surface area contributed by atoms with Gasteiger partial charge in [-0.3, -0.25) is 4.79 Å². The maximum absolute atomic E-state index is 11.8. The second-order valence-electron chi connectivity index (χ2n) is 5.89. The number of carbonyl (C=O) groups is 1. The molecule has 116 valence electrons. The van der Waals surface area contributed by atoms with Crippen molar-refractivity contribution in [1.82, 2.24) is 5.32 Å². The number of benzene rings is 1. The van der Waals surface area contributed by atoms with Crippen molar-refractivity contribution < 1.29 is 14.6 Å². The summed E-state index contributed by atoms with van der Waals surface area (Å²) in [5, 5.41) is 12.9. The third kappa shape index (κ3) is 6.45. The van der Waals surface area contributed by atoms with E-state index in [4.69, 9.17) is 4.74 Å². The van der Waals surface area contributed by atoms with E-state index in [9.17, 15) is 9.90 Å². The van der Waals surface area contributed by atoms with E-state index in [0.29, 0.717) is 18.1 Å². The summed E-state index contributed by atoms with van der Waals surface area (Å²) in [4.78, 5) is 11.8. The highest BCUT2D eigenvalue weighted by Crippen LogP contribution is 2.18. The van der Waals surface area contributed by atoms with Gasteiger partial charge in [0.05, 0.1) is 12.7 Å². The van der Waals surface area contributed by atoms with Gasteiger partial charge in [-0.15, -0.1) is 0 Å². The second-order valence-corrected chi connectivity index (χ2v) is 5.89. The summed E-state index contributed by atoms with van der Waals surface area (Å²) in [5.74, 6) is 0.860. The Morgan fingerprint density at radius 2 is 2.10 bits per heavy atom. The molecule has 0 saturated carbocycles. The van der Waals surface area contributed by atoms with Crippen molar-refractivity contribution in [2.24, 2.45) is 5.92 Å². The molecule has 0 spiro atoms. The summed E-state index contributed by atoms with van der Waals surface area (Å²) >= 11 is 0. The van der Waals surface area contributed by atoms with Crippen molar-refractivity contribution in [2.45, 2.75) is 32.8 Å². The number of aliphatic hydroxyl groups is 1. The first kappa shape index (κ1) is 17.2. The molecule has 1 unspecified atom stereocenters. The van der Waals surface area contributed by atoms with Crippen LogP contribution in [0.2, 0.25) is 0 Å². The fourth-order valence-corrected chi connectivity index (χ4v) is 2.26. The molecule has 2 N–H and O–H groups in total. The summed E-state index contributed by atoms with van der Waals surface area (Å²) in [6.45, 7) is 6.05. The van der Waals surface area contributed by atoms with Crippen molar-refractivity contribution in [2.75, 3.05) is 13.7 Å². The Balaban J connectivity index is 2.56. The summed E-state index contributed by atoms with van der Waals surface area (Å²) in [6, 6.07) is 7.47. The van der Waals surface area contributed by atoms with Crippen LogP contribution in [-0.2, 0) is 4.79 Å². The number of rotatable bonds is 7. The van der Waals surface area contributed by atoms with Crippen LogP contribution in [0.15, 0.2) is 30.3 Å². The predicted octanol–water partition coefficient (Wildman–Crippen LogP) is 2.62. The maximum atomic E-state index is 11.8. The van der Waals surface area contributed by atoms with Crippen LogP contribution in [0.25, 0.3) is 6.08 Å². The van der Waals surface area contributed by atoms with Gasteiger partial charge in [-0.05, 0) is 31.4 Å². The first-order chi connectivity index (χ1) is 9.84. The number of para-hydroxylation sites is 1. The molecule has 1 rings (SSSR count). The highest BCUT2D eigenvalue weighted by atomic mass is 16.5. The molecule has 4 heteroatoms. The Hall–Kier alpha value is -1.81. The van der Waals surface area contributed by atoms with Crippen molar-refractivity contribution in [1.29, 1.82) is 0 Å². The van der Waals surface area contributed by atoms with Crippen LogP contribution >= 0.6 is 0 Å². The maximum Gasteiger partial charge on any atom is 0.244 e. The predicted molar refractivity (Wildman–Crippen MR) is 85.1 cm³/mol. The zero-order valence-electron chi connectivity index (χ0n) is 13.2. The number of methoxy groups -OCH3 is 1. The molecule has 0 aliphatic rings. The lowest BCUT2D eigenvalue weighted by atomic mass is 9.94. The normalized spacial score (nSPS) is 14.2. The lowest BCUT2D eigenvalue weighted by Crippen LogP contribution is -2.40. The van der Waals surface area contributed by atoms with Gasteiger partial charge in [0.25, 0.3) is 0 Å². The average molecular weight is 291 g/mol. The summed E-state index contributed by atoms with van der Waals surface area (Å²) in [6.07, 6.45) is 3.79. The van der Waals surface area contributed by atoms with Crippen LogP contribution in [0, 0.1) is 5.92 Å². The lowest BCUT2D eigenvalue weighted by Gasteiger charge is -2.25. The summed E-state index contributed by atoms with van der Waals surface area (Å²) < 4.78 is 5.21. The number of hydrogen-bond donors (Lipinski definition) is 2. The van der Waals surface area contributed by atoms with Crippen molar-refractivity contribution in [3.8, 4) is 5.75 Å². The quantitative estimate of drug-likeness (QED) is 0.759. The van der Waals surface area contributed by atoms with Crippen LogP contribution in [0.1, 0.15) is 32.8 Å². The summed E-state index contributed by atoms with van der Waals surface area (Å²) in [5.41, 5.74) is -0.0497. The van der Waals surface area contributed by atoms with Crippen molar-refractivity contribution in [3.63, 3.8) is 0 Å².